The Morgan fingerprint density at radius 2 is 1.97 bits per heavy atom. The lowest BCUT2D eigenvalue weighted by Gasteiger charge is -2.31. The Kier molecular flexibility index (Phi) is 6.95. The second-order valence-corrected chi connectivity index (χ2v) is 9.39. The highest BCUT2D eigenvalue weighted by atomic mass is 32.2. The molecule has 31 heavy (non-hydrogen) atoms. The van der Waals surface area contributed by atoms with Crippen LogP contribution in [0.5, 0.6) is 5.75 Å². The van der Waals surface area contributed by atoms with Crippen LogP contribution in [0.3, 0.4) is 0 Å². The number of aromatic nitrogens is 1. The summed E-state index contributed by atoms with van der Waals surface area (Å²) in [7, 11) is -3.74. The van der Waals surface area contributed by atoms with Crippen molar-refractivity contribution >= 4 is 15.9 Å². The van der Waals surface area contributed by atoms with Crippen molar-refractivity contribution < 1.29 is 31.3 Å². The second-order valence-electron chi connectivity index (χ2n) is 7.51. The third-order valence-corrected chi connectivity index (χ3v) is 7.48. The van der Waals surface area contributed by atoms with Gasteiger partial charge in [0.05, 0.1) is 6.04 Å². The number of hydrogen-bond donors (Lipinski definition) is 1. The maximum atomic E-state index is 12.9. The smallest absolute Gasteiger partial charge is 0.387 e. The van der Waals surface area contributed by atoms with E-state index in [4.69, 9.17) is 4.52 Å². The number of piperidine rings is 1. The van der Waals surface area contributed by atoms with Gasteiger partial charge >= 0.3 is 6.61 Å². The normalized spacial score (nSPS) is 17.0. The van der Waals surface area contributed by atoms with Crippen LogP contribution in [0.4, 0.5) is 8.78 Å². The molecule has 0 radical (unpaired) electrons. The molecule has 1 N–H and O–H groups in total. The largest absolute Gasteiger partial charge is 0.435 e. The Morgan fingerprint density at radius 3 is 2.55 bits per heavy atom. The Bertz CT molecular complexity index is 1010. The number of hydrogen-bond acceptors (Lipinski definition) is 6. The summed E-state index contributed by atoms with van der Waals surface area (Å²) < 4.78 is 61.3. The predicted octanol–water partition coefficient (Wildman–Crippen LogP) is 3.17. The van der Waals surface area contributed by atoms with Crippen LogP contribution in [0.15, 0.2) is 33.7 Å². The first-order chi connectivity index (χ1) is 14.6. The van der Waals surface area contributed by atoms with E-state index in [0.29, 0.717) is 24.1 Å². The highest BCUT2D eigenvalue weighted by Gasteiger charge is 2.35. The number of rotatable bonds is 7. The van der Waals surface area contributed by atoms with E-state index in [1.165, 1.54) is 16.4 Å². The molecule has 1 unspecified atom stereocenters. The van der Waals surface area contributed by atoms with Gasteiger partial charge in [-0.05, 0) is 51.3 Å². The lowest BCUT2D eigenvalue weighted by Crippen LogP contribution is -2.43. The quantitative estimate of drug-likeness (QED) is 0.685. The van der Waals surface area contributed by atoms with E-state index < -0.39 is 22.7 Å². The predicted molar refractivity (Wildman–Crippen MR) is 107 cm³/mol. The average molecular weight is 457 g/mol. The highest BCUT2D eigenvalue weighted by molar-refractivity contribution is 7.89. The van der Waals surface area contributed by atoms with E-state index in [1.54, 1.807) is 32.9 Å². The van der Waals surface area contributed by atoms with E-state index in [9.17, 15) is 22.0 Å². The summed E-state index contributed by atoms with van der Waals surface area (Å²) in [6, 6.07) is 5.74. The SMILES string of the molecule is Cc1noc(C)c1S(=O)(=O)N1CCC(C(=O)NC(C)c2cccc(OC(F)F)c2)CC1. The first-order valence-corrected chi connectivity index (χ1v) is 11.3. The van der Waals surface area contributed by atoms with Gasteiger partial charge in [0.15, 0.2) is 5.76 Å². The van der Waals surface area contributed by atoms with Crippen LogP contribution in [0.2, 0.25) is 0 Å². The van der Waals surface area contributed by atoms with Crippen molar-refractivity contribution in [1.29, 1.82) is 0 Å². The van der Waals surface area contributed by atoms with Crippen LogP contribution in [0.1, 0.15) is 42.8 Å². The van der Waals surface area contributed by atoms with Crippen molar-refractivity contribution in [3.8, 4) is 5.75 Å². The van der Waals surface area contributed by atoms with Gasteiger partial charge in [0.25, 0.3) is 0 Å². The van der Waals surface area contributed by atoms with Gasteiger partial charge in [-0.2, -0.15) is 13.1 Å². The van der Waals surface area contributed by atoms with Crippen molar-refractivity contribution in [2.24, 2.45) is 5.92 Å². The first-order valence-electron chi connectivity index (χ1n) is 9.87. The minimum atomic E-state index is -3.74. The Hall–Kier alpha value is -2.53. The summed E-state index contributed by atoms with van der Waals surface area (Å²) in [5.41, 5.74) is 0.939. The van der Waals surface area contributed by atoms with Gasteiger partial charge < -0.3 is 14.6 Å². The minimum Gasteiger partial charge on any atom is -0.435 e. The lowest BCUT2D eigenvalue weighted by molar-refractivity contribution is -0.126. The zero-order valence-electron chi connectivity index (χ0n) is 17.5. The van der Waals surface area contributed by atoms with Gasteiger partial charge in [0, 0.05) is 19.0 Å². The third kappa shape index (κ3) is 5.21. The lowest BCUT2D eigenvalue weighted by atomic mass is 9.96. The van der Waals surface area contributed by atoms with Gasteiger partial charge in [-0.15, -0.1) is 0 Å². The summed E-state index contributed by atoms with van der Waals surface area (Å²) in [5, 5.41) is 6.58. The number of nitrogens with zero attached hydrogens (tertiary/aromatic N) is 2. The number of nitrogens with one attached hydrogen (secondary N) is 1. The van der Waals surface area contributed by atoms with Crippen molar-refractivity contribution in [2.45, 2.75) is 51.2 Å². The van der Waals surface area contributed by atoms with Gasteiger partial charge in [-0.1, -0.05) is 17.3 Å². The number of ether oxygens (including phenoxy) is 1. The minimum absolute atomic E-state index is 0.0198. The topological polar surface area (TPSA) is 102 Å². The van der Waals surface area contributed by atoms with Gasteiger partial charge in [-0.25, -0.2) is 8.42 Å². The van der Waals surface area contributed by atoms with Gasteiger partial charge in [-0.3, -0.25) is 4.79 Å². The molecule has 0 bridgehead atoms. The fourth-order valence-corrected chi connectivity index (χ4v) is 5.47. The van der Waals surface area contributed by atoms with Crippen LogP contribution in [0.25, 0.3) is 0 Å². The maximum Gasteiger partial charge on any atom is 0.387 e. The molecule has 0 spiro atoms. The van der Waals surface area contributed by atoms with Crippen LogP contribution < -0.4 is 10.1 Å². The van der Waals surface area contributed by atoms with Crippen LogP contribution in [-0.4, -0.2) is 43.5 Å². The van der Waals surface area contributed by atoms with E-state index >= 15 is 0 Å². The molecule has 170 valence electrons. The van der Waals surface area contributed by atoms with Crippen LogP contribution >= 0.6 is 0 Å². The van der Waals surface area contributed by atoms with Crippen LogP contribution in [-0.2, 0) is 14.8 Å². The number of aryl methyl sites for hydroxylation is 2. The van der Waals surface area contributed by atoms with Crippen molar-refractivity contribution in [2.75, 3.05) is 13.1 Å². The molecule has 1 aliphatic rings. The molecule has 2 aromatic rings. The molecule has 1 aromatic heterocycles. The summed E-state index contributed by atoms with van der Waals surface area (Å²) in [4.78, 5) is 12.8. The Labute approximate surface area is 179 Å². The second kappa shape index (κ2) is 9.31. The molecular formula is C20H25F2N3O5S. The number of carbonyl (C=O) groups excluding carboxylic acids is 1. The third-order valence-electron chi connectivity index (χ3n) is 5.33. The standard InChI is InChI=1S/C20H25F2N3O5S/c1-12(16-5-4-6-17(11-16)29-20(21)22)23-19(26)15-7-9-25(10-8-15)31(27,28)18-13(2)24-30-14(18)3/h4-6,11-12,15,20H,7-10H2,1-3H3,(H,23,26). The fraction of sp³-hybridized carbons (Fsp3) is 0.500. The van der Waals surface area contributed by atoms with E-state index in [2.05, 4.69) is 15.2 Å². The number of carbonyl (C=O) groups is 1. The molecule has 0 saturated carbocycles. The number of benzene rings is 1. The molecular weight excluding hydrogens is 432 g/mol. The van der Waals surface area contributed by atoms with Gasteiger partial charge in [0.2, 0.25) is 15.9 Å². The summed E-state index contributed by atoms with van der Waals surface area (Å²) in [6.45, 7) is 2.36. The van der Waals surface area contributed by atoms with Crippen LogP contribution in [0, 0.1) is 19.8 Å². The number of halogens is 2. The Morgan fingerprint density at radius 1 is 1.29 bits per heavy atom. The summed E-state index contributed by atoms with van der Waals surface area (Å²) in [6.07, 6.45) is 0.741. The molecule has 1 fully saturated rings. The summed E-state index contributed by atoms with van der Waals surface area (Å²) in [5.74, 6) is -0.295. The van der Waals surface area contributed by atoms with Crippen molar-refractivity contribution in [3.63, 3.8) is 0 Å². The highest BCUT2D eigenvalue weighted by Crippen LogP contribution is 2.28. The molecule has 3 rings (SSSR count). The van der Waals surface area contributed by atoms with E-state index in [-0.39, 0.29) is 41.3 Å². The van der Waals surface area contributed by atoms with Gasteiger partial charge in [0.1, 0.15) is 16.3 Å². The van der Waals surface area contributed by atoms with Crippen molar-refractivity contribution in [3.05, 3.63) is 41.3 Å². The molecule has 1 amide bonds. The molecule has 0 aliphatic carbocycles. The fourth-order valence-electron chi connectivity index (χ4n) is 3.70. The first kappa shape index (κ1) is 23.1. The molecule has 1 aromatic carbocycles. The number of alkyl halides is 2. The average Bonchev–Trinajstić information content (AvgIpc) is 3.06. The van der Waals surface area contributed by atoms with E-state index in [1.807, 2.05) is 0 Å². The Balaban J connectivity index is 1.59. The van der Waals surface area contributed by atoms with Crippen molar-refractivity contribution in [1.82, 2.24) is 14.8 Å². The molecule has 1 aliphatic heterocycles. The van der Waals surface area contributed by atoms with E-state index in [0.717, 1.165) is 0 Å². The number of amides is 1. The number of sulfonamides is 1. The molecule has 8 nitrogen and oxygen atoms in total. The summed E-state index contributed by atoms with van der Waals surface area (Å²) >= 11 is 0. The molecule has 11 heteroatoms. The maximum absolute atomic E-state index is 12.9. The molecule has 2 heterocycles. The molecule has 1 saturated heterocycles. The zero-order valence-corrected chi connectivity index (χ0v) is 18.3. The zero-order chi connectivity index (χ0) is 22.8. The molecule has 1 atom stereocenters. The monoisotopic (exact) mass is 457 g/mol.